The zero-order chi connectivity index (χ0) is 13.2. The molecule has 0 aromatic rings. The molecule has 3 unspecified atom stereocenters. The molecule has 0 aromatic heterocycles. The number of hydrogen-bond donors (Lipinski definition) is 1. The molecular weight excluding hydrogens is 214 g/mol. The molecule has 100 valence electrons. The van der Waals surface area contributed by atoms with Gasteiger partial charge in [-0.15, -0.1) is 0 Å². The van der Waals surface area contributed by atoms with Crippen LogP contribution in [0, 0.1) is 17.3 Å². The van der Waals surface area contributed by atoms with E-state index in [0.29, 0.717) is 17.4 Å². The third-order valence-electron chi connectivity index (χ3n) is 3.85. The van der Waals surface area contributed by atoms with Crippen LogP contribution in [0.4, 0.5) is 0 Å². The lowest BCUT2D eigenvalue weighted by molar-refractivity contribution is -0.144. The molecule has 1 fully saturated rings. The van der Waals surface area contributed by atoms with Crippen LogP contribution in [-0.4, -0.2) is 25.2 Å². The lowest BCUT2D eigenvalue weighted by atomic mass is 9.91. The Kier molecular flexibility index (Phi) is 4.59. The van der Waals surface area contributed by atoms with Gasteiger partial charge in [-0.05, 0) is 30.1 Å². The van der Waals surface area contributed by atoms with Gasteiger partial charge in [-0.25, -0.2) is 0 Å². The summed E-state index contributed by atoms with van der Waals surface area (Å²) in [4.78, 5) is 11.7. The molecule has 1 N–H and O–H groups in total. The summed E-state index contributed by atoms with van der Waals surface area (Å²) in [7, 11) is 1.46. The minimum Gasteiger partial charge on any atom is -0.468 e. The van der Waals surface area contributed by atoms with E-state index in [1.807, 2.05) is 0 Å². The lowest BCUT2D eigenvalue weighted by Gasteiger charge is -2.26. The van der Waals surface area contributed by atoms with Crippen molar-refractivity contribution in [3.8, 4) is 0 Å². The molecule has 17 heavy (non-hydrogen) atoms. The minimum atomic E-state index is -0.179. The molecule has 1 aliphatic carbocycles. The van der Waals surface area contributed by atoms with E-state index in [-0.39, 0.29) is 17.9 Å². The number of methoxy groups -OCH3 is 1. The largest absolute Gasteiger partial charge is 0.468 e. The zero-order valence-electron chi connectivity index (χ0n) is 12.0. The Labute approximate surface area is 105 Å². The first-order valence-electron chi connectivity index (χ1n) is 6.60. The molecular formula is C14H27NO2. The highest BCUT2D eigenvalue weighted by molar-refractivity contribution is 5.76. The second-order valence-electron chi connectivity index (χ2n) is 6.57. The molecule has 0 bridgehead atoms. The molecule has 0 aromatic carbocycles. The fraction of sp³-hybridized carbons (Fsp3) is 0.929. The molecule has 0 amide bonds. The summed E-state index contributed by atoms with van der Waals surface area (Å²) in [5.41, 5.74) is 0.384. The lowest BCUT2D eigenvalue weighted by Crippen LogP contribution is -2.48. The van der Waals surface area contributed by atoms with Crippen molar-refractivity contribution in [1.82, 2.24) is 5.32 Å². The fourth-order valence-corrected chi connectivity index (χ4v) is 3.01. The van der Waals surface area contributed by atoms with E-state index >= 15 is 0 Å². The third-order valence-corrected chi connectivity index (χ3v) is 3.85. The SMILES string of the molecule is COC(=O)C(NC1CC(C)(C)CC1C)C(C)C. The van der Waals surface area contributed by atoms with Gasteiger partial charge in [0.2, 0.25) is 0 Å². The van der Waals surface area contributed by atoms with Gasteiger partial charge in [0, 0.05) is 6.04 Å². The molecule has 1 aliphatic rings. The summed E-state index contributed by atoms with van der Waals surface area (Å²) in [6.07, 6.45) is 2.35. The van der Waals surface area contributed by atoms with Gasteiger partial charge in [0.15, 0.2) is 0 Å². The van der Waals surface area contributed by atoms with Crippen LogP contribution in [0.25, 0.3) is 0 Å². The van der Waals surface area contributed by atoms with Crippen LogP contribution in [0.5, 0.6) is 0 Å². The predicted octanol–water partition coefficient (Wildman–Crippen LogP) is 2.60. The highest BCUT2D eigenvalue weighted by Crippen LogP contribution is 2.41. The van der Waals surface area contributed by atoms with Gasteiger partial charge in [-0.1, -0.05) is 34.6 Å². The van der Waals surface area contributed by atoms with E-state index < -0.39 is 0 Å². The Morgan fingerprint density at radius 1 is 1.35 bits per heavy atom. The maximum atomic E-state index is 11.7. The van der Waals surface area contributed by atoms with Crippen molar-refractivity contribution < 1.29 is 9.53 Å². The Hall–Kier alpha value is -0.570. The van der Waals surface area contributed by atoms with Crippen molar-refractivity contribution in [2.45, 2.75) is 59.5 Å². The van der Waals surface area contributed by atoms with Crippen LogP contribution in [0.15, 0.2) is 0 Å². The molecule has 1 rings (SSSR count). The molecule has 0 heterocycles. The van der Waals surface area contributed by atoms with Crippen LogP contribution in [-0.2, 0) is 9.53 Å². The minimum absolute atomic E-state index is 0.142. The molecule has 1 saturated carbocycles. The van der Waals surface area contributed by atoms with Gasteiger partial charge in [-0.2, -0.15) is 0 Å². The van der Waals surface area contributed by atoms with E-state index in [9.17, 15) is 4.79 Å². The van der Waals surface area contributed by atoms with Crippen molar-refractivity contribution in [1.29, 1.82) is 0 Å². The Morgan fingerprint density at radius 3 is 2.29 bits per heavy atom. The van der Waals surface area contributed by atoms with Gasteiger partial charge in [0.1, 0.15) is 6.04 Å². The van der Waals surface area contributed by atoms with Gasteiger partial charge in [-0.3, -0.25) is 4.79 Å². The predicted molar refractivity (Wildman–Crippen MR) is 69.7 cm³/mol. The van der Waals surface area contributed by atoms with Gasteiger partial charge < -0.3 is 10.1 Å². The monoisotopic (exact) mass is 241 g/mol. The maximum Gasteiger partial charge on any atom is 0.323 e. The second-order valence-corrected chi connectivity index (χ2v) is 6.57. The first-order valence-corrected chi connectivity index (χ1v) is 6.60. The van der Waals surface area contributed by atoms with Crippen LogP contribution in [0.3, 0.4) is 0 Å². The molecule has 0 spiro atoms. The van der Waals surface area contributed by atoms with Gasteiger partial charge in [0.05, 0.1) is 7.11 Å². The van der Waals surface area contributed by atoms with Gasteiger partial charge in [0.25, 0.3) is 0 Å². The first-order chi connectivity index (χ1) is 7.76. The summed E-state index contributed by atoms with van der Waals surface area (Å²) >= 11 is 0. The number of nitrogens with one attached hydrogen (secondary N) is 1. The second kappa shape index (κ2) is 5.38. The normalized spacial score (nSPS) is 29.4. The van der Waals surface area contributed by atoms with Crippen molar-refractivity contribution in [3.63, 3.8) is 0 Å². The number of carbonyl (C=O) groups excluding carboxylic acids is 1. The summed E-state index contributed by atoms with van der Waals surface area (Å²) < 4.78 is 4.87. The van der Waals surface area contributed by atoms with Crippen LogP contribution < -0.4 is 5.32 Å². The maximum absolute atomic E-state index is 11.7. The Bertz CT molecular complexity index is 273. The molecule has 0 radical (unpaired) electrons. The standard InChI is InChI=1S/C14H27NO2/c1-9(2)12(13(16)17-6)15-11-8-14(4,5)7-10(11)3/h9-12,15H,7-8H2,1-6H3. The summed E-state index contributed by atoms with van der Waals surface area (Å²) in [6.45, 7) is 11.0. The number of rotatable bonds is 4. The van der Waals surface area contributed by atoms with Crippen molar-refractivity contribution in [3.05, 3.63) is 0 Å². The summed E-state index contributed by atoms with van der Waals surface area (Å²) in [6, 6.07) is 0.248. The number of ether oxygens (including phenoxy) is 1. The summed E-state index contributed by atoms with van der Waals surface area (Å²) in [5, 5.41) is 3.50. The summed E-state index contributed by atoms with van der Waals surface area (Å²) in [5.74, 6) is 0.742. The first kappa shape index (κ1) is 14.5. The molecule has 0 aliphatic heterocycles. The molecule has 3 nitrogen and oxygen atoms in total. The number of esters is 1. The van der Waals surface area contributed by atoms with Crippen LogP contribution in [0.1, 0.15) is 47.5 Å². The highest BCUT2D eigenvalue weighted by Gasteiger charge is 2.39. The molecule has 0 saturated heterocycles. The van der Waals surface area contributed by atoms with E-state index in [4.69, 9.17) is 4.74 Å². The zero-order valence-corrected chi connectivity index (χ0v) is 12.0. The van der Waals surface area contributed by atoms with Crippen molar-refractivity contribution in [2.75, 3.05) is 7.11 Å². The van der Waals surface area contributed by atoms with E-state index in [1.54, 1.807) is 0 Å². The third kappa shape index (κ3) is 3.70. The number of carbonyl (C=O) groups is 1. The highest BCUT2D eigenvalue weighted by atomic mass is 16.5. The average Bonchev–Trinajstić information content (AvgIpc) is 2.46. The topological polar surface area (TPSA) is 38.3 Å². The van der Waals surface area contributed by atoms with E-state index in [2.05, 4.69) is 39.9 Å². The fourth-order valence-electron chi connectivity index (χ4n) is 3.01. The Balaban J connectivity index is 2.65. The van der Waals surface area contributed by atoms with Crippen LogP contribution >= 0.6 is 0 Å². The van der Waals surface area contributed by atoms with Crippen molar-refractivity contribution >= 4 is 5.97 Å². The van der Waals surface area contributed by atoms with Crippen molar-refractivity contribution in [2.24, 2.45) is 17.3 Å². The van der Waals surface area contributed by atoms with Crippen LogP contribution in [0.2, 0.25) is 0 Å². The smallest absolute Gasteiger partial charge is 0.323 e. The van der Waals surface area contributed by atoms with E-state index in [0.717, 1.165) is 6.42 Å². The van der Waals surface area contributed by atoms with E-state index in [1.165, 1.54) is 13.5 Å². The van der Waals surface area contributed by atoms with Gasteiger partial charge >= 0.3 is 5.97 Å². The molecule has 3 heteroatoms. The number of hydrogen-bond acceptors (Lipinski definition) is 3. The molecule has 3 atom stereocenters. The quantitative estimate of drug-likeness (QED) is 0.769. The average molecular weight is 241 g/mol. The Morgan fingerprint density at radius 2 is 1.94 bits per heavy atom.